The van der Waals surface area contributed by atoms with Crippen molar-refractivity contribution in [1.29, 1.82) is 0 Å². The van der Waals surface area contributed by atoms with E-state index in [1.54, 1.807) is 31.4 Å². The monoisotopic (exact) mass is 630 g/mol. The summed E-state index contributed by atoms with van der Waals surface area (Å²) in [4.78, 5) is 13.0. The first-order valence-corrected chi connectivity index (χ1v) is 15.5. The maximum atomic E-state index is 15.5. The number of hydrogen-bond acceptors (Lipinski definition) is 4. The fourth-order valence-corrected chi connectivity index (χ4v) is 6.10. The van der Waals surface area contributed by atoms with Crippen LogP contribution in [0.25, 0.3) is 27.7 Å². The summed E-state index contributed by atoms with van der Waals surface area (Å²) in [6.07, 6.45) is 0. The molecule has 0 fully saturated rings. The lowest BCUT2D eigenvalue weighted by molar-refractivity contribution is 0.0472. The lowest BCUT2D eigenvalue weighted by Crippen LogP contribution is -2.27. The van der Waals surface area contributed by atoms with Gasteiger partial charge in [0, 0.05) is 47.1 Å². The number of anilines is 1. The number of benzene rings is 5. The van der Waals surface area contributed by atoms with Crippen molar-refractivity contribution in [2.45, 2.75) is 32.4 Å². The average molecular weight is 631 g/mol. The molecular weight excluding hydrogens is 594 g/mol. The van der Waals surface area contributed by atoms with Crippen LogP contribution in [-0.4, -0.2) is 24.3 Å². The van der Waals surface area contributed by atoms with Crippen LogP contribution in [0.5, 0.6) is 0 Å². The molecule has 5 nitrogen and oxygen atoms in total. The molecule has 0 saturated carbocycles. The fourth-order valence-electron chi connectivity index (χ4n) is 6.10. The Balaban J connectivity index is 1.53. The number of carbonyl (C=O) groups is 1. The third-order valence-corrected chi connectivity index (χ3v) is 8.21. The van der Waals surface area contributed by atoms with E-state index in [0.29, 0.717) is 35.6 Å². The van der Waals surface area contributed by atoms with Crippen molar-refractivity contribution in [2.24, 2.45) is 0 Å². The molecule has 0 amide bonds. The van der Waals surface area contributed by atoms with Gasteiger partial charge in [-0.15, -0.1) is 0 Å². The van der Waals surface area contributed by atoms with Crippen LogP contribution in [0, 0.1) is 11.6 Å². The van der Waals surface area contributed by atoms with Crippen LogP contribution < -0.4 is 5.32 Å². The first-order chi connectivity index (χ1) is 22.7. The molecule has 0 bridgehead atoms. The number of hydrogen-bond donors (Lipinski definition) is 1. The predicted octanol–water partition coefficient (Wildman–Crippen LogP) is 9.47. The molecular formula is C40H36F2N2O3. The summed E-state index contributed by atoms with van der Waals surface area (Å²) < 4.78 is 42.9. The average Bonchev–Trinajstić information content (AvgIpc) is 3.43. The standard InChI is InChI=1S/C40H36F2N2O3/c1-40(2,26-46-3)38-36(29-14-16-30(17-15-29)39(45)47-25-28-12-8-5-9-13-28)37-34(43-24-27-10-6-4-7-11-27)22-32(42)23-35(37)44(38)33-20-18-31(41)19-21-33/h4-23,43H,24-26H2,1-3H3. The number of rotatable bonds is 11. The van der Waals surface area contributed by atoms with Crippen LogP contribution in [0.1, 0.15) is 41.0 Å². The van der Waals surface area contributed by atoms with Crippen molar-refractivity contribution in [3.05, 3.63) is 155 Å². The third-order valence-electron chi connectivity index (χ3n) is 8.21. The Bertz CT molecular complexity index is 1990. The van der Waals surface area contributed by atoms with Gasteiger partial charge in [-0.1, -0.05) is 86.6 Å². The summed E-state index contributed by atoms with van der Waals surface area (Å²) in [6, 6.07) is 35.9. The Morgan fingerprint density at radius 1 is 0.787 bits per heavy atom. The van der Waals surface area contributed by atoms with E-state index in [0.717, 1.165) is 33.3 Å². The number of halogens is 2. The molecule has 0 atom stereocenters. The normalized spacial score (nSPS) is 11.5. The van der Waals surface area contributed by atoms with Gasteiger partial charge in [-0.25, -0.2) is 13.6 Å². The van der Waals surface area contributed by atoms with Gasteiger partial charge < -0.3 is 19.4 Å². The molecule has 0 radical (unpaired) electrons. The van der Waals surface area contributed by atoms with Crippen molar-refractivity contribution in [2.75, 3.05) is 19.0 Å². The Labute approximate surface area is 273 Å². The molecule has 0 aliphatic heterocycles. The number of methoxy groups -OCH3 is 1. The first kappa shape index (κ1) is 31.7. The van der Waals surface area contributed by atoms with Gasteiger partial charge in [-0.3, -0.25) is 0 Å². The van der Waals surface area contributed by atoms with E-state index in [9.17, 15) is 9.18 Å². The molecule has 1 N–H and O–H groups in total. The highest BCUT2D eigenvalue weighted by Crippen LogP contribution is 2.46. The molecule has 1 heterocycles. The lowest BCUT2D eigenvalue weighted by Gasteiger charge is -2.28. The summed E-state index contributed by atoms with van der Waals surface area (Å²) in [6.45, 7) is 5.14. The highest BCUT2D eigenvalue weighted by Gasteiger charge is 2.33. The molecule has 0 aliphatic carbocycles. The second-order valence-corrected chi connectivity index (χ2v) is 12.2. The van der Waals surface area contributed by atoms with Crippen molar-refractivity contribution >= 4 is 22.6 Å². The Morgan fingerprint density at radius 2 is 1.43 bits per heavy atom. The third kappa shape index (κ3) is 6.81. The molecule has 0 spiro atoms. The van der Waals surface area contributed by atoms with E-state index in [2.05, 4.69) is 19.2 Å². The molecule has 47 heavy (non-hydrogen) atoms. The Kier molecular flexibility index (Phi) is 9.18. The highest BCUT2D eigenvalue weighted by molar-refractivity contribution is 6.07. The van der Waals surface area contributed by atoms with Gasteiger partial charge in [0.05, 0.1) is 17.7 Å². The number of ether oxygens (including phenoxy) is 2. The van der Waals surface area contributed by atoms with E-state index < -0.39 is 17.2 Å². The molecule has 1 aromatic heterocycles. The fraction of sp³-hybridized carbons (Fsp3) is 0.175. The summed E-state index contributed by atoms with van der Waals surface area (Å²) >= 11 is 0. The Hall–Kier alpha value is -5.27. The quantitative estimate of drug-likeness (QED) is 0.145. The summed E-state index contributed by atoms with van der Waals surface area (Å²) in [5.41, 5.74) is 6.22. The van der Waals surface area contributed by atoms with Crippen molar-refractivity contribution in [3.8, 4) is 16.8 Å². The topological polar surface area (TPSA) is 52.5 Å². The minimum absolute atomic E-state index is 0.171. The number of fused-ring (bicyclic) bond motifs is 1. The maximum Gasteiger partial charge on any atom is 0.338 e. The molecule has 6 rings (SSSR count). The van der Waals surface area contributed by atoms with E-state index in [4.69, 9.17) is 9.47 Å². The van der Waals surface area contributed by atoms with Gasteiger partial charge in [0.25, 0.3) is 0 Å². The zero-order valence-electron chi connectivity index (χ0n) is 26.6. The van der Waals surface area contributed by atoms with Crippen LogP contribution in [0.15, 0.2) is 121 Å². The number of nitrogens with one attached hydrogen (secondary N) is 1. The van der Waals surface area contributed by atoms with E-state index in [-0.39, 0.29) is 12.4 Å². The highest BCUT2D eigenvalue weighted by atomic mass is 19.1. The van der Waals surface area contributed by atoms with Crippen molar-refractivity contribution < 1.29 is 23.0 Å². The SMILES string of the molecule is COCC(C)(C)c1c(-c2ccc(C(=O)OCc3ccccc3)cc2)c2c(NCc3ccccc3)cc(F)cc2n1-c1ccc(F)cc1. The first-order valence-electron chi connectivity index (χ1n) is 15.5. The second-order valence-electron chi connectivity index (χ2n) is 12.2. The second kappa shape index (κ2) is 13.6. The summed E-state index contributed by atoms with van der Waals surface area (Å²) in [5, 5.41) is 4.28. The lowest BCUT2D eigenvalue weighted by atomic mass is 9.84. The van der Waals surface area contributed by atoms with Crippen LogP contribution in [0.2, 0.25) is 0 Å². The van der Waals surface area contributed by atoms with Crippen LogP contribution in [0.4, 0.5) is 14.5 Å². The molecule has 238 valence electrons. The van der Waals surface area contributed by atoms with Crippen LogP contribution in [-0.2, 0) is 28.0 Å². The van der Waals surface area contributed by atoms with Gasteiger partial charge in [0.1, 0.15) is 18.2 Å². The summed E-state index contributed by atoms with van der Waals surface area (Å²) in [7, 11) is 1.65. The molecule has 0 aliphatic rings. The molecule has 5 aromatic carbocycles. The van der Waals surface area contributed by atoms with Gasteiger partial charge in [0.15, 0.2) is 0 Å². The zero-order chi connectivity index (χ0) is 33.0. The minimum Gasteiger partial charge on any atom is -0.457 e. The Morgan fingerprint density at radius 3 is 2.06 bits per heavy atom. The number of nitrogens with zero attached hydrogens (tertiary/aromatic N) is 1. The van der Waals surface area contributed by atoms with E-state index in [1.807, 2.05) is 77.4 Å². The molecule has 6 aromatic rings. The van der Waals surface area contributed by atoms with Crippen LogP contribution >= 0.6 is 0 Å². The van der Waals surface area contributed by atoms with Crippen molar-refractivity contribution in [1.82, 2.24) is 4.57 Å². The minimum atomic E-state index is -0.585. The van der Waals surface area contributed by atoms with Crippen molar-refractivity contribution in [3.63, 3.8) is 0 Å². The van der Waals surface area contributed by atoms with Gasteiger partial charge >= 0.3 is 5.97 Å². The van der Waals surface area contributed by atoms with Gasteiger partial charge in [0.2, 0.25) is 0 Å². The maximum absolute atomic E-state index is 15.5. The number of carbonyl (C=O) groups excluding carboxylic acids is 1. The largest absolute Gasteiger partial charge is 0.457 e. The predicted molar refractivity (Wildman–Crippen MR) is 183 cm³/mol. The smallest absolute Gasteiger partial charge is 0.338 e. The zero-order valence-corrected chi connectivity index (χ0v) is 26.6. The van der Waals surface area contributed by atoms with E-state index in [1.165, 1.54) is 24.3 Å². The number of aromatic nitrogens is 1. The number of esters is 1. The van der Waals surface area contributed by atoms with Gasteiger partial charge in [-0.05, 0) is 65.2 Å². The molecule has 7 heteroatoms. The summed E-state index contributed by atoms with van der Waals surface area (Å²) in [5.74, 6) is -1.20. The molecule has 0 saturated heterocycles. The van der Waals surface area contributed by atoms with E-state index >= 15 is 4.39 Å². The van der Waals surface area contributed by atoms with Gasteiger partial charge in [-0.2, -0.15) is 0 Å². The molecule has 0 unspecified atom stereocenters. The van der Waals surface area contributed by atoms with Crippen LogP contribution in [0.3, 0.4) is 0 Å².